The van der Waals surface area contributed by atoms with Crippen LogP contribution in [0, 0.1) is 11.3 Å². The van der Waals surface area contributed by atoms with Crippen molar-refractivity contribution in [2.45, 2.75) is 39.8 Å². The molecule has 0 spiro atoms. The summed E-state index contributed by atoms with van der Waals surface area (Å²) in [5, 5.41) is 0. The van der Waals surface area contributed by atoms with Crippen LogP contribution in [0.3, 0.4) is 0 Å². The van der Waals surface area contributed by atoms with Gasteiger partial charge < -0.3 is 9.64 Å². The molecule has 0 radical (unpaired) electrons. The number of rotatable bonds is 5. The Morgan fingerprint density at radius 1 is 1.22 bits per heavy atom. The highest BCUT2D eigenvalue weighted by Gasteiger charge is 2.56. The molecule has 1 aliphatic heterocycles. The summed E-state index contributed by atoms with van der Waals surface area (Å²) in [5.41, 5.74) is -1.49. The summed E-state index contributed by atoms with van der Waals surface area (Å²) in [6.07, 6.45) is -3.67. The van der Waals surface area contributed by atoms with Crippen LogP contribution in [0.1, 0.15) is 33.6 Å². The molecule has 0 unspecified atom stereocenters. The van der Waals surface area contributed by atoms with Crippen LogP contribution in [-0.2, 0) is 4.74 Å². The van der Waals surface area contributed by atoms with E-state index >= 15 is 0 Å². The van der Waals surface area contributed by atoms with Gasteiger partial charge in [-0.2, -0.15) is 13.2 Å². The lowest BCUT2D eigenvalue weighted by Crippen LogP contribution is -2.51. The molecule has 0 bridgehead atoms. The van der Waals surface area contributed by atoms with E-state index in [-0.39, 0.29) is 18.8 Å². The van der Waals surface area contributed by atoms with Gasteiger partial charge in [-0.15, -0.1) is 0 Å². The fraction of sp³-hybridized carbons (Fsp3) is 1.00. The molecule has 1 heterocycles. The van der Waals surface area contributed by atoms with Gasteiger partial charge in [-0.1, -0.05) is 13.8 Å². The average Bonchev–Trinajstić information content (AvgIpc) is 2.28. The van der Waals surface area contributed by atoms with Gasteiger partial charge in [-0.3, -0.25) is 0 Å². The number of likely N-dealkylation sites (tertiary alicyclic amines) is 1. The molecule has 0 aromatic rings. The van der Waals surface area contributed by atoms with E-state index in [0.29, 0.717) is 26.3 Å². The van der Waals surface area contributed by atoms with Crippen LogP contribution in [0.25, 0.3) is 0 Å². The van der Waals surface area contributed by atoms with Gasteiger partial charge >= 0.3 is 6.18 Å². The first-order valence-electron chi connectivity index (χ1n) is 6.70. The average molecular weight is 267 g/mol. The summed E-state index contributed by atoms with van der Waals surface area (Å²) in [6, 6.07) is 0. The Balaban J connectivity index is 2.54. The fourth-order valence-corrected chi connectivity index (χ4v) is 2.70. The molecule has 0 saturated carbocycles. The molecule has 0 aromatic carbocycles. The van der Waals surface area contributed by atoms with Gasteiger partial charge in [-0.25, -0.2) is 0 Å². The van der Waals surface area contributed by atoms with Crippen LogP contribution in [0.15, 0.2) is 0 Å². The second-order valence-electron chi connectivity index (χ2n) is 5.35. The van der Waals surface area contributed by atoms with E-state index in [1.54, 1.807) is 13.8 Å². The van der Waals surface area contributed by atoms with E-state index in [4.69, 9.17) is 4.74 Å². The van der Waals surface area contributed by atoms with Crippen molar-refractivity contribution in [2.75, 3.05) is 32.8 Å². The van der Waals surface area contributed by atoms with Crippen molar-refractivity contribution in [3.05, 3.63) is 0 Å². The van der Waals surface area contributed by atoms with Crippen LogP contribution in [0.4, 0.5) is 13.2 Å². The van der Waals surface area contributed by atoms with Crippen LogP contribution in [0.2, 0.25) is 0 Å². The first kappa shape index (κ1) is 15.8. The number of ether oxygens (including phenoxy) is 1. The van der Waals surface area contributed by atoms with Gasteiger partial charge in [0.2, 0.25) is 0 Å². The van der Waals surface area contributed by atoms with Crippen molar-refractivity contribution < 1.29 is 17.9 Å². The second-order valence-corrected chi connectivity index (χ2v) is 5.35. The molecular formula is C13H24F3NO. The standard InChI is InChI=1S/C13H24F3NO/c1-4-18-10-9-17-7-5-12(6-8-17,11(2)3)13(14,15)16/h11H,4-10H2,1-3H3. The lowest BCUT2D eigenvalue weighted by molar-refractivity contribution is -0.253. The maximum atomic E-state index is 13.2. The Bertz CT molecular complexity index is 245. The fourth-order valence-electron chi connectivity index (χ4n) is 2.70. The van der Waals surface area contributed by atoms with Crippen molar-refractivity contribution in [3.63, 3.8) is 0 Å². The molecule has 1 saturated heterocycles. The largest absolute Gasteiger partial charge is 0.394 e. The third-order valence-corrected chi connectivity index (χ3v) is 4.17. The van der Waals surface area contributed by atoms with Crippen LogP contribution < -0.4 is 0 Å². The number of nitrogens with zero attached hydrogens (tertiary/aromatic N) is 1. The van der Waals surface area contributed by atoms with Crippen molar-refractivity contribution in [2.24, 2.45) is 11.3 Å². The van der Waals surface area contributed by atoms with Gasteiger partial charge in [0.25, 0.3) is 0 Å². The minimum atomic E-state index is -4.09. The van der Waals surface area contributed by atoms with Gasteiger partial charge in [0.05, 0.1) is 12.0 Å². The monoisotopic (exact) mass is 267 g/mol. The van der Waals surface area contributed by atoms with Crippen molar-refractivity contribution in [3.8, 4) is 0 Å². The second kappa shape index (κ2) is 6.24. The summed E-state index contributed by atoms with van der Waals surface area (Å²) in [7, 11) is 0. The van der Waals surface area contributed by atoms with Crippen molar-refractivity contribution in [1.29, 1.82) is 0 Å². The quantitative estimate of drug-likeness (QED) is 0.708. The van der Waals surface area contributed by atoms with Gasteiger partial charge in [-0.05, 0) is 38.8 Å². The Kier molecular flexibility index (Phi) is 5.46. The molecular weight excluding hydrogens is 243 g/mol. The lowest BCUT2D eigenvalue weighted by atomic mass is 9.69. The van der Waals surface area contributed by atoms with Crippen molar-refractivity contribution in [1.82, 2.24) is 4.90 Å². The minimum absolute atomic E-state index is 0.209. The Morgan fingerprint density at radius 2 is 1.78 bits per heavy atom. The zero-order valence-electron chi connectivity index (χ0n) is 11.5. The SMILES string of the molecule is CCOCCN1CCC(C(C)C)(C(F)(F)F)CC1. The third-order valence-electron chi connectivity index (χ3n) is 4.17. The van der Waals surface area contributed by atoms with E-state index in [0.717, 1.165) is 6.54 Å². The Labute approximate surface area is 107 Å². The highest BCUT2D eigenvalue weighted by molar-refractivity contribution is 4.93. The number of halogens is 3. The molecule has 0 N–H and O–H groups in total. The molecule has 1 aliphatic rings. The van der Waals surface area contributed by atoms with E-state index in [9.17, 15) is 13.2 Å². The zero-order chi connectivity index (χ0) is 13.8. The first-order chi connectivity index (χ1) is 8.33. The van der Waals surface area contributed by atoms with Gasteiger partial charge in [0.1, 0.15) is 0 Å². The molecule has 0 atom stereocenters. The Hall–Kier alpha value is -0.290. The molecule has 0 aromatic heterocycles. The van der Waals surface area contributed by atoms with E-state index in [2.05, 4.69) is 4.90 Å². The topological polar surface area (TPSA) is 12.5 Å². The lowest BCUT2D eigenvalue weighted by Gasteiger charge is -2.45. The summed E-state index contributed by atoms with van der Waals surface area (Å²) in [4.78, 5) is 2.07. The van der Waals surface area contributed by atoms with Crippen LogP contribution in [-0.4, -0.2) is 43.9 Å². The Morgan fingerprint density at radius 3 is 2.17 bits per heavy atom. The van der Waals surface area contributed by atoms with Crippen molar-refractivity contribution >= 4 is 0 Å². The van der Waals surface area contributed by atoms with Gasteiger partial charge in [0, 0.05) is 13.2 Å². The third kappa shape index (κ3) is 3.38. The van der Waals surface area contributed by atoms with Crippen LogP contribution >= 0.6 is 0 Å². The maximum absolute atomic E-state index is 13.2. The number of hydrogen-bond acceptors (Lipinski definition) is 2. The van der Waals surface area contributed by atoms with E-state index in [1.807, 2.05) is 6.92 Å². The van der Waals surface area contributed by atoms with Crippen LogP contribution in [0.5, 0.6) is 0 Å². The molecule has 0 amide bonds. The molecule has 18 heavy (non-hydrogen) atoms. The molecule has 1 rings (SSSR count). The summed E-state index contributed by atoms with van der Waals surface area (Å²) in [6.45, 7) is 8.33. The molecule has 2 nitrogen and oxygen atoms in total. The van der Waals surface area contributed by atoms with Gasteiger partial charge in [0.15, 0.2) is 0 Å². The predicted molar refractivity (Wildman–Crippen MR) is 65.5 cm³/mol. The smallest absolute Gasteiger partial charge is 0.380 e. The number of hydrogen-bond donors (Lipinski definition) is 0. The minimum Gasteiger partial charge on any atom is -0.380 e. The highest BCUT2D eigenvalue weighted by Crippen LogP contribution is 2.51. The van der Waals surface area contributed by atoms with E-state index < -0.39 is 11.6 Å². The number of piperidine rings is 1. The molecule has 1 fully saturated rings. The molecule has 108 valence electrons. The summed E-state index contributed by atoms with van der Waals surface area (Å²) < 4.78 is 45.0. The maximum Gasteiger partial charge on any atom is 0.394 e. The summed E-state index contributed by atoms with van der Waals surface area (Å²) in [5.74, 6) is -0.355. The zero-order valence-corrected chi connectivity index (χ0v) is 11.5. The summed E-state index contributed by atoms with van der Waals surface area (Å²) >= 11 is 0. The van der Waals surface area contributed by atoms with E-state index in [1.165, 1.54) is 0 Å². The molecule has 5 heteroatoms. The first-order valence-corrected chi connectivity index (χ1v) is 6.70. The predicted octanol–water partition coefficient (Wildman–Crippen LogP) is 3.32. The normalized spacial score (nSPS) is 21.5. The number of alkyl halides is 3. The molecule has 0 aliphatic carbocycles. The highest BCUT2D eigenvalue weighted by atomic mass is 19.4.